The second kappa shape index (κ2) is 4.68. The van der Waals surface area contributed by atoms with E-state index in [2.05, 4.69) is 11.9 Å². The molecule has 1 N–H and O–H groups in total. The van der Waals surface area contributed by atoms with Crippen molar-refractivity contribution < 1.29 is 9.59 Å². The van der Waals surface area contributed by atoms with Crippen LogP contribution in [0.1, 0.15) is 33.6 Å². The maximum absolute atomic E-state index is 12.0. The molecule has 1 heterocycles. The molecule has 0 aromatic heterocycles. The average molecular weight is 224 g/mol. The number of likely N-dealkylation sites (tertiary alicyclic amines) is 1. The molecule has 0 aromatic carbocycles. The van der Waals surface area contributed by atoms with Gasteiger partial charge >= 0.3 is 0 Å². The Kier molecular flexibility index (Phi) is 3.73. The number of nitrogens with one attached hydrogen (secondary N) is 1. The van der Waals surface area contributed by atoms with Crippen LogP contribution in [0.15, 0.2) is 12.7 Å². The van der Waals surface area contributed by atoms with Gasteiger partial charge in [0.2, 0.25) is 11.8 Å². The molecule has 1 saturated heterocycles. The van der Waals surface area contributed by atoms with E-state index in [1.165, 1.54) is 6.08 Å². The van der Waals surface area contributed by atoms with Gasteiger partial charge in [0.25, 0.3) is 0 Å². The number of nitrogens with zero attached hydrogens (tertiary/aromatic N) is 1. The summed E-state index contributed by atoms with van der Waals surface area (Å²) in [5.41, 5.74) is -0.261. The molecule has 0 bridgehead atoms. The van der Waals surface area contributed by atoms with Crippen LogP contribution in [-0.2, 0) is 9.59 Å². The first-order chi connectivity index (χ1) is 7.35. The summed E-state index contributed by atoms with van der Waals surface area (Å²) in [6, 6.07) is -0.329. The molecule has 2 amide bonds. The summed E-state index contributed by atoms with van der Waals surface area (Å²) >= 11 is 0. The summed E-state index contributed by atoms with van der Waals surface area (Å²) in [5, 5.41) is 2.90. The Morgan fingerprint density at radius 3 is 2.56 bits per heavy atom. The van der Waals surface area contributed by atoms with Crippen molar-refractivity contribution in [1.29, 1.82) is 0 Å². The molecule has 0 aliphatic carbocycles. The second-order valence-electron chi connectivity index (χ2n) is 5.13. The number of carbonyl (C=O) groups is 2. The van der Waals surface area contributed by atoms with Crippen molar-refractivity contribution in [3.63, 3.8) is 0 Å². The predicted octanol–water partition coefficient (Wildman–Crippen LogP) is 1.08. The Balaban J connectivity index is 2.68. The highest BCUT2D eigenvalue weighted by molar-refractivity contribution is 5.93. The molecule has 1 aliphatic heterocycles. The van der Waals surface area contributed by atoms with Crippen LogP contribution < -0.4 is 5.32 Å². The van der Waals surface area contributed by atoms with E-state index in [0.29, 0.717) is 6.54 Å². The van der Waals surface area contributed by atoms with Gasteiger partial charge in [-0.05, 0) is 39.7 Å². The minimum Gasteiger partial charge on any atom is -0.350 e. The SMILES string of the molecule is C=CC(=O)N1CCCC1C(=O)NC(C)(C)C. The van der Waals surface area contributed by atoms with Crippen LogP contribution in [0.4, 0.5) is 0 Å². The van der Waals surface area contributed by atoms with E-state index in [1.54, 1.807) is 4.90 Å². The first-order valence-electron chi connectivity index (χ1n) is 5.60. The molecule has 0 aromatic rings. The lowest BCUT2D eigenvalue weighted by atomic mass is 10.1. The Morgan fingerprint density at radius 1 is 1.44 bits per heavy atom. The molecule has 0 radical (unpaired) electrons. The molecule has 1 fully saturated rings. The van der Waals surface area contributed by atoms with Gasteiger partial charge in [-0.1, -0.05) is 6.58 Å². The fourth-order valence-corrected chi connectivity index (χ4v) is 1.87. The highest BCUT2D eigenvalue weighted by atomic mass is 16.2. The minimum atomic E-state index is -0.329. The van der Waals surface area contributed by atoms with Gasteiger partial charge in [0.1, 0.15) is 6.04 Å². The smallest absolute Gasteiger partial charge is 0.246 e. The zero-order chi connectivity index (χ0) is 12.3. The molecular weight excluding hydrogens is 204 g/mol. The van der Waals surface area contributed by atoms with Crippen LogP contribution in [0.25, 0.3) is 0 Å². The number of amides is 2. The normalized spacial score (nSPS) is 20.7. The van der Waals surface area contributed by atoms with Crippen LogP contribution in [0.2, 0.25) is 0 Å². The largest absolute Gasteiger partial charge is 0.350 e. The molecule has 90 valence electrons. The average Bonchev–Trinajstić information content (AvgIpc) is 2.62. The molecule has 16 heavy (non-hydrogen) atoms. The summed E-state index contributed by atoms with van der Waals surface area (Å²) < 4.78 is 0. The Morgan fingerprint density at radius 2 is 2.06 bits per heavy atom. The van der Waals surface area contributed by atoms with Crippen LogP contribution in [-0.4, -0.2) is 34.8 Å². The zero-order valence-corrected chi connectivity index (χ0v) is 10.2. The summed E-state index contributed by atoms with van der Waals surface area (Å²) in [7, 11) is 0. The van der Waals surface area contributed by atoms with Crippen LogP contribution in [0.3, 0.4) is 0 Å². The van der Waals surface area contributed by atoms with Crippen LogP contribution >= 0.6 is 0 Å². The van der Waals surface area contributed by atoms with Crippen LogP contribution in [0, 0.1) is 0 Å². The van der Waals surface area contributed by atoms with E-state index < -0.39 is 0 Å². The van der Waals surface area contributed by atoms with Gasteiger partial charge in [0.15, 0.2) is 0 Å². The Hall–Kier alpha value is -1.32. The molecular formula is C12H20N2O2. The highest BCUT2D eigenvalue weighted by Crippen LogP contribution is 2.18. The Bertz CT molecular complexity index is 305. The number of rotatable bonds is 2. The van der Waals surface area contributed by atoms with E-state index in [-0.39, 0.29) is 23.4 Å². The fraction of sp³-hybridized carbons (Fsp3) is 0.667. The fourth-order valence-electron chi connectivity index (χ4n) is 1.87. The molecule has 4 heteroatoms. The summed E-state index contributed by atoms with van der Waals surface area (Å²) in [6.45, 7) is 9.89. The van der Waals surface area contributed by atoms with Crippen molar-refractivity contribution >= 4 is 11.8 Å². The van der Waals surface area contributed by atoms with Gasteiger partial charge in [-0.2, -0.15) is 0 Å². The predicted molar refractivity (Wildman–Crippen MR) is 62.8 cm³/mol. The second-order valence-corrected chi connectivity index (χ2v) is 5.13. The quantitative estimate of drug-likeness (QED) is 0.713. The van der Waals surface area contributed by atoms with Crippen molar-refractivity contribution in [3.8, 4) is 0 Å². The van der Waals surface area contributed by atoms with Gasteiger partial charge < -0.3 is 10.2 Å². The van der Waals surface area contributed by atoms with E-state index in [0.717, 1.165) is 12.8 Å². The summed E-state index contributed by atoms with van der Waals surface area (Å²) in [6.07, 6.45) is 2.88. The zero-order valence-electron chi connectivity index (χ0n) is 10.2. The Labute approximate surface area is 96.7 Å². The topological polar surface area (TPSA) is 49.4 Å². The van der Waals surface area contributed by atoms with Gasteiger partial charge in [0, 0.05) is 12.1 Å². The van der Waals surface area contributed by atoms with Crippen LogP contribution in [0.5, 0.6) is 0 Å². The van der Waals surface area contributed by atoms with Gasteiger partial charge in [-0.3, -0.25) is 9.59 Å². The summed E-state index contributed by atoms with van der Waals surface area (Å²) in [5.74, 6) is -0.230. The monoisotopic (exact) mass is 224 g/mol. The molecule has 4 nitrogen and oxygen atoms in total. The van der Waals surface area contributed by atoms with E-state index in [9.17, 15) is 9.59 Å². The van der Waals surface area contributed by atoms with Crippen molar-refractivity contribution in [2.45, 2.75) is 45.2 Å². The van der Waals surface area contributed by atoms with Crippen molar-refractivity contribution in [1.82, 2.24) is 10.2 Å². The molecule has 0 spiro atoms. The lowest BCUT2D eigenvalue weighted by molar-refractivity contribution is -0.135. The van der Waals surface area contributed by atoms with E-state index in [1.807, 2.05) is 20.8 Å². The van der Waals surface area contributed by atoms with E-state index >= 15 is 0 Å². The molecule has 1 aliphatic rings. The number of hydrogen-bond donors (Lipinski definition) is 1. The third-order valence-electron chi connectivity index (χ3n) is 2.51. The highest BCUT2D eigenvalue weighted by Gasteiger charge is 2.34. The third kappa shape index (κ3) is 3.08. The van der Waals surface area contributed by atoms with Gasteiger partial charge in [-0.25, -0.2) is 0 Å². The maximum atomic E-state index is 12.0. The number of carbonyl (C=O) groups excluding carboxylic acids is 2. The lowest BCUT2D eigenvalue weighted by Crippen LogP contribution is -2.51. The van der Waals surface area contributed by atoms with Crippen molar-refractivity contribution in [2.75, 3.05) is 6.54 Å². The maximum Gasteiger partial charge on any atom is 0.246 e. The summed E-state index contributed by atoms with van der Waals surface area (Å²) in [4.78, 5) is 25.1. The molecule has 1 unspecified atom stereocenters. The standard InChI is InChI=1S/C12H20N2O2/c1-5-10(15)14-8-6-7-9(14)11(16)13-12(2,3)4/h5,9H,1,6-8H2,2-4H3,(H,13,16). The molecule has 1 atom stereocenters. The first-order valence-corrected chi connectivity index (χ1v) is 5.60. The van der Waals surface area contributed by atoms with Crippen molar-refractivity contribution in [2.24, 2.45) is 0 Å². The lowest BCUT2D eigenvalue weighted by Gasteiger charge is -2.27. The van der Waals surface area contributed by atoms with Gasteiger partial charge in [0.05, 0.1) is 0 Å². The van der Waals surface area contributed by atoms with Crippen molar-refractivity contribution in [3.05, 3.63) is 12.7 Å². The molecule has 1 rings (SSSR count). The van der Waals surface area contributed by atoms with Gasteiger partial charge in [-0.15, -0.1) is 0 Å². The number of hydrogen-bond acceptors (Lipinski definition) is 2. The van der Waals surface area contributed by atoms with E-state index in [4.69, 9.17) is 0 Å². The third-order valence-corrected chi connectivity index (χ3v) is 2.51. The minimum absolute atomic E-state index is 0.0693. The first kappa shape index (κ1) is 12.7. The molecule has 0 saturated carbocycles.